The lowest BCUT2D eigenvalue weighted by atomic mass is 10.1. The lowest BCUT2D eigenvalue weighted by molar-refractivity contribution is 0.488. The molecule has 2 aromatic rings. The zero-order chi connectivity index (χ0) is 13.2. The molecule has 0 N–H and O–H groups in total. The van der Waals surface area contributed by atoms with Gasteiger partial charge < -0.3 is 0 Å². The summed E-state index contributed by atoms with van der Waals surface area (Å²) >= 11 is 5.60. The van der Waals surface area contributed by atoms with Gasteiger partial charge in [0.2, 0.25) is 10.0 Å². The van der Waals surface area contributed by atoms with Gasteiger partial charge in [-0.15, -0.1) is 11.6 Å². The van der Waals surface area contributed by atoms with E-state index in [2.05, 4.69) is 0 Å². The van der Waals surface area contributed by atoms with Crippen molar-refractivity contribution in [1.82, 2.24) is 4.31 Å². The summed E-state index contributed by atoms with van der Waals surface area (Å²) in [5.41, 5.74) is 0. The molecule has 0 aliphatic carbocycles. The first kappa shape index (κ1) is 13.3. The van der Waals surface area contributed by atoms with E-state index in [9.17, 15) is 8.42 Å². The molecule has 0 amide bonds. The molecule has 5 heteroatoms. The molecule has 2 rings (SSSR count). The van der Waals surface area contributed by atoms with Gasteiger partial charge in [0, 0.05) is 24.9 Å². The molecule has 0 bridgehead atoms. The third-order valence-corrected chi connectivity index (χ3v) is 4.92. The lowest BCUT2D eigenvalue weighted by Crippen LogP contribution is -2.28. The highest BCUT2D eigenvalue weighted by atomic mass is 35.5. The molecule has 96 valence electrons. The van der Waals surface area contributed by atoms with Crippen LogP contribution in [0.3, 0.4) is 0 Å². The Morgan fingerprint density at radius 2 is 1.78 bits per heavy atom. The first-order chi connectivity index (χ1) is 8.57. The van der Waals surface area contributed by atoms with Gasteiger partial charge in [0.05, 0.1) is 4.90 Å². The van der Waals surface area contributed by atoms with E-state index in [0.29, 0.717) is 11.4 Å². The quantitative estimate of drug-likeness (QED) is 0.809. The standard InChI is InChI=1S/C13H14ClNO2S/c1-15(10-9-14)18(16,17)13-8-4-6-11-5-2-3-7-12(11)13/h2-8H,9-10H2,1H3. The maximum atomic E-state index is 12.4. The molecular formula is C13H14ClNO2S. The molecule has 0 saturated heterocycles. The molecule has 0 heterocycles. The second-order valence-electron chi connectivity index (χ2n) is 3.99. The molecule has 18 heavy (non-hydrogen) atoms. The van der Waals surface area contributed by atoms with Gasteiger partial charge >= 0.3 is 0 Å². The topological polar surface area (TPSA) is 37.4 Å². The van der Waals surface area contributed by atoms with E-state index in [1.165, 1.54) is 4.31 Å². The van der Waals surface area contributed by atoms with E-state index < -0.39 is 10.0 Å². The molecule has 0 atom stereocenters. The van der Waals surface area contributed by atoms with Gasteiger partial charge in [0.15, 0.2) is 0 Å². The summed E-state index contributed by atoms with van der Waals surface area (Å²) in [4.78, 5) is 0.327. The molecule has 0 unspecified atom stereocenters. The Bertz CT molecular complexity index is 650. The van der Waals surface area contributed by atoms with Gasteiger partial charge in [-0.3, -0.25) is 0 Å². The van der Waals surface area contributed by atoms with Crippen LogP contribution in [0.1, 0.15) is 0 Å². The van der Waals surface area contributed by atoms with E-state index in [0.717, 1.165) is 10.8 Å². The van der Waals surface area contributed by atoms with Crippen molar-refractivity contribution >= 4 is 32.4 Å². The Balaban J connectivity index is 2.61. The molecule has 0 saturated carbocycles. The molecule has 0 aliphatic heterocycles. The fourth-order valence-electron chi connectivity index (χ4n) is 1.83. The molecule has 2 aromatic carbocycles. The van der Waals surface area contributed by atoms with E-state index in [-0.39, 0.29) is 5.88 Å². The maximum absolute atomic E-state index is 12.4. The van der Waals surface area contributed by atoms with Crippen molar-refractivity contribution in [3.8, 4) is 0 Å². The van der Waals surface area contributed by atoms with Crippen LogP contribution in [-0.4, -0.2) is 32.2 Å². The number of rotatable bonds is 4. The number of hydrogen-bond donors (Lipinski definition) is 0. The summed E-state index contributed by atoms with van der Waals surface area (Å²) in [6.45, 7) is 0.299. The Morgan fingerprint density at radius 1 is 1.11 bits per heavy atom. The van der Waals surface area contributed by atoms with Crippen molar-refractivity contribution in [2.24, 2.45) is 0 Å². The Kier molecular flexibility index (Phi) is 3.90. The summed E-state index contributed by atoms with van der Waals surface area (Å²) in [7, 11) is -1.94. The fourth-order valence-corrected chi connectivity index (χ4v) is 3.56. The number of fused-ring (bicyclic) bond motifs is 1. The highest BCUT2D eigenvalue weighted by Crippen LogP contribution is 2.24. The van der Waals surface area contributed by atoms with E-state index in [1.807, 2.05) is 30.3 Å². The average Bonchev–Trinajstić information content (AvgIpc) is 2.38. The SMILES string of the molecule is CN(CCCl)S(=O)(=O)c1cccc2ccccc12. The highest BCUT2D eigenvalue weighted by molar-refractivity contribution is 7.89. The largest absolute Gasteiger partial charge is 0.243 e. The van der Waals surface area contributed by atoms with Crippen LogP contribution in [-0.2, 0) is 10.0 Å². The summed E-state index contributed by atoms with van der Waals surface area (Å²) in [6, 6.07) is 12.7. The number of nitrogens with zero attached hydrogens (tertiary/aromatic N) is 1. The normalized spacial score (nSPS) is 12.2. The summed E-state index contributed by atoms with van der Waals surface area (Å²) < 4.78 is 26.1. The van der Waals surface area contributed by atoms with E-state index in [1.54, 1.807) is 19.2 Å². The molecular weight excluding hydrogens is 270 g/mol. The molecule has 3 nitrogen and oxygen atoms in total. The van der Waals surface area contributed by atoms with E-state index in [4.69, 9.17) is 11.6 Å². The second kappa shape index (κ2) is 5.26. The van der Waals surface area contributed by atoms with E-state index >= 15 is 0 Å². The number of hydrogen-bond acceptors (Lipinski definition) is 2. The number of sulfonamides is 1. The molecule has 0 fully saturated rings. The average molecular weight is 284 g/mol. The van der Waals surface area contributed by atoms with Gasteiger partial charge in [-0.1, -0.05) is 36.4 Å². The number of benzene rings is 2. The van der Waals surface area contributed by atoms with Crippen LogP contribution >= 0.6 is 11.6 Å². The predicted octanol–water partition coefficient (Wildman–Crippen LogP) is 2.70. The number of alkyl halides is 1. The minimum atomic E-state index is -3.48. The van der Waals surface area contributed by atoms with Gasteiger partial charge in [0.25, 0.3) is 0 Å². The van der Waals surface area contributed by atoms with Crippen molar-refractivity contribution in [2.75, 3.05) is 19.5 Å². The monoisotopic (exact) mass is 283 g/mol. The van der Waals surface area contributed by atoms with Crippen LogP contribution < -0.4 is 0 Å². The van der Waals surface area contributed by atoms with Crippen molar-refractivity contribution in [3.63, 3.8) is 0 Å². The molecule has 0 aliphatic rings. The zero-order valence-corrected chi connectivity index (χ0v) is 11.6. The van der Waals surface area contributed by atoms with Gasteiger partial charge in [-0.05, 0) is 11.5 Å². The Morgan fingerprint density at radius 3 is 2.50 bits per heavy atom. The van der Waals surface area contributed by atoms with Crippen LogP contribution in [0.4, 0.5) is 0 Å². The van der Waals surface area contributed by atoms with Crippen molar-refractivity contribution in [3.05, 3.63) is 42.5 Å². The minimum Gasteiger partial charge on any atom is -0.207 e. The summed E-state index contributed by atoms with van der Waals surface area (Å²) in [6.07, 6.45) is 0. The summed E-state index contributed by atoms with van der Waals surface area (Å²) in [5, 5.41) is 1.65. The lowest BCUT2D eigenvalue weighted by Gasteiger charge is -2.17. The Labute approximate surface area is 112 Å². The molecule has 0 aromatic heterocycles. The number of halogens is 1. The predicted molar refractivity (Wildman–Crippen MR) is 74.5 cm³/mol. The maximum Gasteiger partial charge on any atom is 0.243 e. The first-order valence-corrected chi connectivity index (χ1v) is 7.55. The first-order valence-electron chi connectivity index (χ1n) is 5.57. The van der Waals surface area contributed by atoms with Crippen molar-refractivity contribution < 1.29 is 8.42 Å². The highest BCUT2D eigenvalue weighted by Gasteiger charge is 2.22. The third kappa shape index (κ3) is 2.36. The zero-order valence-electron chi connectivity index (χ0n) is 10.0. The van der Waals surface area contributed by atoms with Crippen LogP contribution in [0.15, 0.2) is 47.4 Å². The van der Waals surface area contributed by atoms with Crippen molar-refractivity contribution in [1.29, 1.82) is 0 Å². The van der Waals surface area contributed by atoms with Gasteiger partial charge in [-0.25, -0.2) is 8.42 Å². The smallest absolute Gasteiger partial charge is 0.207 e. The van der Waals surface area contributed by atoms with Crippen molar-refractivity contribution in [2.45, 2.75) is 4.90 Å². The minimum absolute atomic E-state index is 0.278. The third-order valence-electron chi connectivity index (χ3n) is 2.84. The van der Waals surface area contributed by atoms with Gasteiger partial charge in [-0.2, -0.15) is 4.31 Å². The second-order valence-corrected chi connectivity index (χ2v) is 6.38. The van der Waals surface area contributed by atoms with Crippen LogP contribution in [0.2, 0.25) is 0 Å². The Hall–Kier alpha value is -1.10. The molecule has 0 radical (unpaired) electrons. The van der Waals surface area contributed by atoms with Crippen LogP contribution in [0, 0.1) is 0 Å². The molecule has 0 spiro atoms. The van der Waals surface area contributed by atoms with Crippen LogP contribution in [0.5, 0.6) is 0 Å². The van der Waals surface area contributed by atoms with Gasteiger partial charge in [0.1, 0.15) is 0 Å². The van der Waals surface area contributed by atoms with Crippen LogP contribution in [0.25, 0.3) is 10.8 Å². The summed E-state index contributed by atoms with van der Waals surface area (Å²) in [5.74, 6) is 0.278. The fraction of sp³-hybridized carbons (Fsp3) is 0.231.